The topological polar surface area (TPSA) is 29.5 Å². The molecule has 1 heterocycles. The van der Waals surface area contributed by atoms with Crippen molar-refractivity contribution in [2.45, 2.75) is 44.6 Å². The van der Waals surface area contributed by atoms with Crippen LogP contribution in [-0.2, 0) is 0 Å². The summed E-state index contributed by atoms with van der Waals surface area (Å²) in [4.78, 5) is 14.9. The number of likely N-dealkylation sites (tertiary alicyclic amines) is 1. The van der Waals surface area contributed by atoms with Gasteiger partial charge in [0.25, 0.3) is 5.91 Å². The maximum absolute atomic E-state index is 12.8. The van der Waals surface area contributed by atoms with E-state index in [-0.39, 0.29) is 5.91 Å². The molecule has 2 fully saturated rings. The van der Waals surface area contributed by atoms with Crippen LogP contribution in [0.5, 0.6) is 5.75 Å². The van der Waals surface area contributed by atoms with Gasteiger partial charge >= 0.3 is 0 Å². The van der Waals surface area contributed by atoms with Crippen molar-refractivity contribution in [1.29, 1.82) is 0 Å². The van der Waals surface area contributed by atoms with Crippen LogP contribution in [-0.4, -0.2) is 30.5 Å². The molecule has 3 rings (SSSR count). The summed E-state index contributed by atoms with van der Waals surface area (Å²) in [5.74, 6) is 1.66. The average Bonchev–Trinajstić information content (AvgIpc) is 3.16. The van der Waals surface area contributed by atoms with Crippen LogP contribution in [0.1, 0.15) is 48.9 Å². The molecule has 21 heavy (non-hydrogen) atoms. The molecule has 0 radical (unpaired) electrons. The number of halogens is 1. The van der Waals surface area contributed by atoms with Crippen molar-refractivity contribution in [1.82, 2.24) is 4.90 Å². The van der Waals surface area contributed by atoms with Crippen molar-refractivity contribution in [2.75, 3.05) is 13.7 Å². The fourth-order valence-electron chi connectivity index (χ4n) is 3.84. The number of nitrogens with zero attached hydrogens (tertiary/aromatic N) is 1. The molecule has 1 aliphatic heterocycles. The lowest BCUT2D eigenvalue weighted by Crippen LogP contribution is -2.39. The Labute approximate surface area is 134 Å². The van der Waals surface area contributed by atoms with E-state index >= 15 is 0 Å². The Morgan fingerprint density at radius 1 is 1.24 bits per heavy atom. The quantitative estimate of drug-likeness (QED) is 0.814. The average molecular weight is 352 g/mol. The molecule has 1 unspecified atom stereocenters. The summed E-state index contributed by atoms with van der Waals surface area (Å²) in [6.45, 7) is 0.906. The van der Waals surface area contributed by atoms with Crippen LogP contribution in [0.15, 0.2) is 22.7 Å². The molecule has 2 aliphatic rings. The van der Waals surface area contributed by atoms with Crippen LogP contribution in [0.2, 0.25) is 0 Å². The van der Waals surface area contributed by atoms with E-state index in [9.17, 15) is 4.79 Å². The SMILES string of the molecule is COc1ccc(C(=O)N2CCCC2C2CCCC2)cc1Br. The second-order valence-corrected chi connectivity index (χ2v) is 6.96. The van der Waals surface area contributed by atoms with Crippen LogP contribution < -0.4 is 4.74 Å². The van der Waals surface area contributed by atoms with Crippen LogP contribution in [0, 0.1) is 5.92 Å². The molecule has 0 N–H and O–H groups in total. The summed E-state index contributed by atoms with van der Waals surface area (Å²) < 4.78 is 6.08. The lowest BCUT2D eigenvalue weighted by Gasteiger charge is -2.29. The zero-order chi connectivity index (χ0) is 14.8. The fourth-order valence-corrected chi connectivity index (χ4v) is 4.38. The molecule has 4 heteroatoms. The molecule has 1 saturated carbocycles. The first kappa shape index (κ1) is 14.9. The fraction of sp³-hybridized carbons (Fsp3) is 0.588. The Morgan fingerprint density at radius 3 is 2.67 bits per heavy atom. The zero-order valence-corrected chi connectivity index (χ0v) is 14.1. The number of carbonyl (C=O) groups excluding carboxylic acids is 1. The summed E-state index contributed by atoms with van der Waals surface area (Å²) in [5, 5.41) is 0. The first-order chi connectivity index (χ1) is 10.2. The van der Waals surface area contributed by atoms with E-state index in [1.807, 2.05) is 18.2 Å². The summed E-state index contributed by atoms with van der Waals surface area (Å²) >= 11 is 3.47. The van der Waals surface area contributed by atoms with Gasteiger partial charge in [-0.05, 0) is 65.7 Å². The molecule has 1 aliphatic carbocycles. The van der Waals surface area contributed by atoms with Crippen LogP contribution in [0.3, 0.4) is 0 Å². The van der Waals surface area contributed by atoms with Crippen LogP contribution in [0.25, 0.3) is 0 Å². The minimum Gasteiger partial charge on any atom is -0.496 e. The van der Waals surface area contributed by atoms with Crippen molar-refractivity contribution >= 4 is 21.8 Å². The van der Waals surface area contributed by atoms with Crippen molar-refractivity contribution < 1.29 is 9.53 Å². The third kappa shape index (κ3) is 2.96. The van der Waals surface area contributed by atoms with Crippen LogP contribution in [0.4, 0.5) is 0 Å². The summed E-state index contributed by atoms with van der Waals surface area (Å²) in [5.41, 5.74) is 0.757. The van der Waals surface area contributed by atoms with E-state index in [2.05, 4.69) is 20.8 Å². The van der Waals surface area contributed by atoms with E-state index in [0.717, 1.165) is 34.7 Å². The minimum atomic E-state index is 0.174. The van der Waals surface area contributed by atoms with Gasteiger partial charge in [0.2, 0.25) is 0 Å². The Morgan fingerprint density at radius 2 is 2.00 bits per heavy atom. The zero-order valence-electron chi connectivity index (χ0n) is 12.5. The minimum absolute atomic E-state index is 0.174. The number of benzene rings is 1. The van der Waals surface area contributed by atoms with Crippen molar-refractivity contribution in [3.63, 3.8) is 0 Å². The highest BCUT2D eigenvalue weighted by Crippen LogP contribution is 2.36. The molecule has 1 saturated heterocycles. The molecular formula is C17H22BrNO2. The van der Waals surface area contributed by atoms with E-state index < -0.39 is 0 Å². The maximum atomic E-state index is 12.8. The number of amides is 1. The molecule has 114 valence electrons. The number of hydrogen-bond acceptors (Lipinski definition) is 2. The van der Waals surface area contributed by atoms with Gasteiger partial charge < -0.3 is 9.64 Å². The molecule has 1 aromatic carbocycles. The molecule has 1 aromatic rings. The van der Waals surface area contributed by atoms with Gasteiger partial charge in [-0.25, -0.2) is 0 Å². The second kappa shape index (κ2) is 6.39. The van der Waals surface area contributed by atoms with Crippen molar-refractivity contribution in [2.24, 2.45) is 5.92 Å². The normalized spacial score (nSPS) is 22.8. The highest BCUT2D eigenvalue weighted by Gasteiger charge is 2.36. The maximum Gasteiger partial charge on any atom is 0.254 e. The van der Waals surface area contributed by atoms with Crippen molar-refractivity contribution in [3.05, 3.63) is 28.2 Å². The lowest BCUT2D eigenvalue weighted by molar-refractivity contribution is 0.0689. The molecule has 3 nitrogen and oxygen atoms in total. The van der Waals surface area contributed by atoms with Gasteiger partial charge in [0.1, 0.15) is 5.75 Å². The number of hydrogen-bond donors (Lipinski definition) is 0. The number of carbonyl (C=O) groups is 1. The van der Waals surface area contributed by atoms with Gasteiger partial charge in [-0.15, -0.1) is 0 Å². The summed E-state index contributed by atoms with van der Waals surface area (Å²) in [6.07, 6.45) is 7.56. The Kier molecular flexibility index (Phi) is 4.53. The highest BCUT2D eigenvalue weighted by atomic mass is 79.9. The highest BCUT2D eigenvalue weighted by molar-refractivity contribution is 9.10. The Bertz CT molecular complexity index is 526. The second-order valence-electron chi connectivity index (χ2n) is 6.10. The van der Waals surface area contributed by atoms with Gasteiger partial charge in [-0.2, -0.15) is 0 Å². The predicted octanol–water partition coefficient (Wildman–Crippen LogP) is 4.25. The van der Waals surface area contributed by atoms with Gasteiger partial charge in [0.05, 0.1) is 11.6 Å². The lowest BCUT2D eigenvalue weighted by atomic mass is 9.95. The van der Waals surface area contributed by atoms with Crippen molar-refractivity contribution in [3.8, 4) is 5.75 Å². The summed E-state index contributed by atoms with van der Waals surface area (Å²) in [7, 11) is 1.64. The molecule has 1 amide bonds. The van der Waals surface area contributed by atoms with E-state index in [0.29, 0.717) is 6.04 Å². The number of methoxy groups -OCH3 is 1. The Balaban J connectivity index is 1.78. The number of ether oxygens (including phenoxy) is 1. The van der Waals surface area contributed by atoms with Gasteiger partial charge in [0, 0.05) is 18.2 Å². The summed E-state index contributed by atoms with van der Waals surface area (Å²) in [6, 6.07) is 6.07. The third-order valence-electron chi connectivity index (χ3n) is 4.90. The number of rotatable bonds is 3. The Hall–Kier alpha value is -1.03. The largest absolute Gasteiger partial charge is 0.496 e. The predicted molar refractivity (Wildman–Crippen MR) is 86.7 cm³/mol. The van der Waals surface area contributed by atoms with Gasteiger partial charge in [-0.1, -0.05) is 12.8 Å². The molecular weight excluding hydrogens is 330 g/mol. The molecule has 1 atom stereocenters. The monoisotopic (exact) mass is 351 g/mol. The molecule has 0 aromatic heterocycles. The first-order valence-corrected chi connectivity index (χ1v) is 8.64. The smallest absolute Gasteiger partial charge is 0.254 e. The standard InChI is InChI=1S/C17H22BrNO2/c1-21-16-9-8-13(11-14(16)18)17(20)19-10-4-7-15(19)12-5-2-3-6-12/h8-9,11-12,15H,2-7,10H2,1H3. The van der Waals surface area contributed by atoms with E-state index in [1.165, 1.54) is 32.1 Å². The van der Waals surface area contributed by atoms with Crippen LogP contribution >= 0.6 is 15.9 Å². The molecule has 0 bridgehead atoms. The van der Waals surface area contributed by atoms with Gasteiger partial charge in [0.15, 0.2) is 0 Å². The van der Waals surface area contributed by atoms with E-state index in [4.69, 9.17) is 4.74 Å². The van der Waals surface area contributed by atoms with Gasteiger partial charge in [-0.3, -0.25) is 4.79 Å². The first-order valence-electron chi connectivity index (χ1n) is 7.85. The molecule has 0 spiro atoms. The third-order valence-corrected chi connectivity index (χ3v) is 5.52. The van der Waals surface area contributed by atoms with E-state index in [1.54, 1.807) is 7.11 Å².